The average Bonchev–Trinajstić information content (AvgIpc) is 3.35. The highest BCUT2D eigenvalue weighted by atomic mass is 32.2. The molecular formula is C26H35N5O5S. The number of aryl methyl sites for hydroxylation is 1. The minimum absolute atomic E-state index is 0.0659. The van der Waals surface area contributed by atoms with E-state index in [4.69, 9.17) is 4.74 Å². The summed E-state index contributed by atoms with van der Waals surface area (Å²) in [6.07, 6.45) is 2.16. The maximum absolute atomic E-state index is 13.5. The molecular weight excluding hydrogens is 494 g/mol. The molecule has 0 aliphatic carbocycles. The minimum atomic E-state index is -3.80. The second-order valence-electron chi connectivity index (χ2n) is 9.78. The van der Waals surface area contributed by atoms with Crippen molar-refractivity contribution in [2.45, 2.75) is 56.9 Å². The number of nitrogens with zero attached hydrogens (tertiary/aromatic N) is 5. The fourth-order valence-electron chi connectivity index (χ4n) is 4.55. The maximum atomic E-state index is 13.5. The summed E-state index contributed by atoms with van der Waals surface area (Å²) >= 11 is 0. The van der Waals surface area contributed by atoms with Gasteiger partial charge in [0.2, 0.25) is 15.9 Å². The Balaban J connectivity index is 1.59. The Morgan fingerprint density at radius 2 is 1.97 bits per heavy atom. The maximum Gasteiger partial charge on any atom is 0.242 e. The summed E-state index contributed by atoms with van der Waals surface area (Å²) in [4.78, 5) is 14.9. The lowest BCUT2D eigenvalue weighted by Gasteiger charge is -2.35. The van der Waals surface area contributed by atoms with Crippen molar-refractivity contribution in [3.8, 4) is 0 Å². The number of aliphatic hydroxyl groups excluding tert-OH is 1. The molecule has 11 heteroatoms. The van der Waals surface area contributed by atoms with Gasteiger partial charge in [-0.05, 0) is 36.2 Å². The summed E-state index contributed by atoms with van der Waals surface area (Å²) in [5, 5.41) is 19.8. The highest BCUT2D eigenvalue weighted by Gasteiger charge is 2.31. The lowest BCUT2D eigenvalue weighted by molar-refractivity contribution is -0.136. The van der Waals surface area contributed by atoms with Gasteiger partial charge in [-0.3, -0.25) is 9.48 Å². The molecule has 1 amide bonds. The molecule has 0 spiro atoms. The molecule has 2 heterocycles. The van der Waals surface area contributed by atoms with Gasteiger partial charge in [-0.25, -0.2) is 8.42 Å². The molecule has 0 fully saturated rings. The number of aliphatic hydroxyl groups is 1. The van der Waals surface area contributed by atoms with Crippen molar-refractivity contribution in [3.63, 3.8) is 0 Å². The number of carbonyl (C=O) groups excluding carboxylic acids is 1. The van der Waals surface area contributed by atoms with Gasteiger partial charge in [0.05, 0.1) is 36.5 Å². The molecule has 3 atom stereocenters. The van der Waals surface area contributed by atoms with E-state index in [2.05, 4.69) is 10.3 Å². The monoisotopic (exact) mass is 529 g/mol. The largest absolute Gasteiger partial charge is 0.394 e. The van der Waals surface area contributed by atoms with Crippen molar-refractivity contribution in [2.24, 2.45) is 5.92 Å². The third kappa shape index (κ3) is 6.35. The molecule has 2 aromatic carbocycles. The molecule has 0 radical (unpaired) electrons. The van der Waals surface area contributed by atoms with Crippen LogP contribution in [0.3, 0.4) is 0 Å². The van der Waals surface area contributed by atoms with Crippen LogP contribution in [0.2, 0.25) is 0 Å². The first-order chi connectivity index (χ1) is 17.7. The van der Waals surface area contributed by atoms with E-state index in [1.807, 2.05) is 31.2 Å². The molecule has 200 valence electrons. The first kappa shape index (κ1) is 27.2. The van der Waals surface area contributed by atoms with Crippen LogP contribution in [0.4, 0.5) is 0 Å². The number of carbonyl (C=O) groups is 1. The SMILES string of the molecule is C[C@@H]1CN([C@H](C)CO)C(=O)CCCn2cc(nn2)CO[C@H]1CN(C)S(=O)(=O)c1ccc2ccccc2c1. The van der Waals surface area contributed by atoms with Crippen molar-refractivity contribution in [1.29, 1.82) is 0 Å². The van der Waals surface area contributed by atoms with Crippen molar-refractivity contribution >= 4 is 26.7 Å². The quantitative estimate of drug-likeness (QED) is 0.521. The number of hydrogen-bond donors (Lipinski definition) is 1. The van der Waals surface area contributed by atoms with Crippen LogP contribution in [0.25, 0.3) is 10.8 Å². The van der Waals surface area contributed by atoms with Crippen LogP contribution in [-0.2, 0) is 32.7 Å². The number of amides is 1. The Kier molecular flexibility index (Phi) is 8.58. The molecule has 10 nitrogen and oxygen atoms in total. The number of benzene rings is 2. The van der Waals surface area contributed by atoms with Gasteiger partial charge in [-0.1, -0.05) is 42.5 Å². The van der Waals surface area contributed by atoms with Gasteiger partial charge < -0.3 is 14.7 Å². The van der Waals surface area contributed by atoms with Gasteiger partial charge in [-0.2, -0.15) is 4.31 Å². The summed E-state index contributed by atoms with van der Waals surface area (Å²) in [5.74, 6) is -0.285. The first-order valence-electron chi connectivity index (χ1n) is 12.5. The topological polar surface area (TPSA) is 118 Å². The molecule has 3 aromatic rings. The molecule has 1 aromatic heterocycles. The highest BCUT2D eigenvalue weighted by molar-refractivity contribution is 7.89. The van der Waals surface area contributed by atoms with Crippen LogP contribution in [0.15, 0.2) is 53.6 Å². The normalized spacial score (nSPS) is 20.9. The highest BCUT2D eigenvalue weighted by Crippen LogP contribution is 2.23. The minimum Gasteiger partial charge on any atom is -0.394 e. The predicted octanol–water partition coefficient (Wildman–Crippen LogP) is 2.28. The Morgan fingerprint density at radius 3 is 2.73 bits per heavy atom. The van der Waals surface area contributed by atoms with Gasteiger partial charge in [-0.15, -0.1) is 5.10 Å². The Bertz CT molecular complexity index is 1330. The zero-order valence-corrected chi connectivity index (χ0v) is 22.3. The molecule has 1 aliphatic heterocycles. The van der Waals surface area contributed by atoms with Gasteiger partial charge in [0.25, 0.3) is 0 Å². The Hall–Kier alpha value is -2.86. The van der Waals surface area contributed by atoms with E-state index >= 15 is 0 Å². The number of fused-ring (bicyclic) bond motifs is 3. The van der Waals surface area contributed by atoms with Gasteiger partial charge in [0.1, 0.15) is 5.69 Å². The lowest BCUT2D eigenvalue weighted by Crippen LogP contribution is -2.47. The van der Waals surface area contributed by atoms with Gasteiger partial charge in [0.15, 0.2) is 0 Å². The van der Waals surface area contributed by atoms with Crippen LogP contribution in [0.5, 0.6) is 0 Å². The number of hydrogen-bond acceptors (Lipinski definition) is 7. The summed E-state index contributed by atoms with van der Waals surface area (Å²) in [7, 11) is -2.26. The third-order valence-electron chi connectivity index (χ3n) is 6.91. The molecule has 0 unspecified atom stereocenters. The molecule has 1 aliphatic rings. The summed E-state index contributed by atoms with van der Waals surface area (Å²) in [6.45, 7) is 4.71. The van der Waals surface area contributed by atoms with Crippen molar-refractivity contribution in [2.75, 3.05) is 26.7 Å². The zero-order chi connectivity index (χ0) is 26.6. The van der Waals surface area contributed by atoms with Crippen LogP contribution in [-0.4, -0.2) is 82.5 Å². The van der Waals surface area contributed by atoms with E-state index in [0.29, 0.717) is 31.6 Å². The summed E-state index contributed by atoms with van der Waals surface area (Å²) in [5.41, 5.74) is 0.642. The molecule has 37 heavy (non-hydrogen) atoms. The van der Waals surface area contributed by atoms with Crippen molar-refractivity contribution in [1.82, 2.24) is 24.2 Å². The van der Waals surface area contributed by atoms with Crippen molar-refractivity contribution < 1.29 is 23.1 Å². The smallest absolute Gasteiger partial charge is 0.242 e. The first-order valence-corrected chi connectivity index (χ1v) is 14.0. The van der Waals surface area contributed by atoms with E-state index in [-0.39, 0.29) is 42.5 Å². The van der Waals surface area contributed by atoms with Crippen LogP contribution < -0.4 is 0 Å². The second-order valence-corrected chi connectivity index (χ2v) is 11.8. The van der Waals surface area contributed by atoms with E-state index < -0.39 is 16.1 Å². The Labute approximate surface area is 217 Å². The van der Waals surface area contributed by atoms with Gasteiger partial charge in [0, 0.05) is 39.0 Å². The standard InChI is InChI=1S/C26H35N5O5S/c1-19-14-31(20(2)17-32)26(33)9-6-12-30-15-23(27-28-30)18-36-25(19)16-29(3)37(34,35)24-11-10-21-7-4-5-8-22(21)13-24/h4-5,7-8,10-11,13,15,19-20,25,32H,6,9,12,14,16-18H2,1-3H3/t19-,20-,25+/m1/s1. The predicted molar refractivity (Wildman–Crippen MR) is 139 cm³/mol. The molecule has 0 saturated carbocycles. The van der Waals surface area contributed by atoms with Crippen LogP contribution in [0, 0.1) is 5.92 Å². The molecule has 0 saturated heterocycles. The van der Waals surface area contributed by atoms with E-state index in [1.165, 1.54) is 11.4 Å². The third-order valence-corrected chi connectivity index (χ3v) is 8.73. The summed E-state index contributed by atoms with van der Waals surface area (Å²) < 4.78 is 36.2. The number of likely N-dealkylation sites (N-methyl/N-ethyl adjacent to an activating group) is 1. The van der Waals surface area contributed by atoms with Gasteiger partial charge >= 0.3 is 0 Å². The van der Waals surface area contributed by atoms with E-state index in [9.17, 15) is 18.3 Å². The van der Waals surface area contributed by atoms with E-state index in [1.54, 1.807) is 40.9 Å². The number of aromatic nitrogens is 3. The molecule has 2 bridgehead atoms. The number of rotatable bonds is 6. The number of ether oxygens (including phenoxy) is 1. The number of sulfonamides is 1. The van der Waals surface area contributed by atoms with Crippen molar-refractivity contribution in [3.05, 3.63) is 54.4 Å². The summed E-state index contributed by atoms with van der Waals surface area (Å²) in [6, 6.07) is 12.3. The lowest BCUT2D eigenvalue weighted by atomic mass is 10.0. The average molecular weight is 530 g/mol. The second kappa shape index (κ2) is 11.7. The van der Waals surface area contributed by atoms with Crippen LogP contribution in [0.1, 0.15) is 32.4 Å². The fourth-order valence-corrected chi connectivity index (χ4v) is 5.77. The molecule has 1 N–H and O–H groups in total. The molecule has 4 rings (SSSR count). The fraction of sp³-hybridized carbons (Fsp3) is 0.500. The zero-order valence-electron chi connectivity index (χ0n) is 21.5. The van der Waals surface area contributed by atoms with E-state index in [0.717, 1.165) is 10.8 Å². The Morgan fingerprint density at radius 1 is 1.22 bits per heavy atom. The van der Waals surface area contributed by atoms with Crippen LogP contribution >= 0.6 is 0 Å².